The van der Waals surface area contributed by atoms with E-state index in [-0.39, 0.29) is 17.7 Å². The molecule has 1 unspecified atom stereocenters. The van der Waals surface area contributed by atoms with Gasteiger partial charge in [0.05, 0.1) is 6.42 Å². The van der Waals surface area contributed by atoms with Crippen molar-refractivity contribution in [2.45, 2.75) is 24.1 Å². The second-order valence-electron chi connectivity index (χ2n) is 4.07. The molecule has 0 bridgehead atoms. The largest absolute Gasteiger partial charge is 0.300 e. The minimum atomic E-state index is -5.32. The lowest BCUT2D eigenvalue weighted by Crippen LogP contribution is -2.60. The molecule has 0 spiro atoms. The van der Waals surface area contributed by atoms with Gasteiger partial charge in [-0.1, -0.05) is 0 Å². The highest BCUT2D eigenvalue weighted by Gasteiger charge is 2.68. The highest BCUT2D eigenvalue weighted by Crippen LogP contribution is 2.37. The van der Waals surface area contributed by atoms with Crippen LogP contribution in [0.25, 0.3) is 0 Å². The molecule has 104 valence electrons. The molecule has 2 rings (SSSR count). The molecule has 2 heterocycles. The van der Waals surface area contributed by atoms with Crippen LogP contribution in [0.5, 0.6) is 0 Å². The number of hydrogen-bond acceptors (Lipinski definition) is 7. The number of hydrogen-bond donors (Lipinski definition) is 2. The number of carbonyl (C=O) groups is 4. The van der Waals surface area contributed by atoms with Gasteiger partial charge in [0.2, 0.25) is 11.8 Å². The van der Waals surface area contributed by atoms with Crippen LogP contribution in [0.3, 0.4) is 0 Å². The molecule has 19 heavy (non-hydrogen) atoms. The first-order valence-electron chi connectivity index (χ1n) is 5.02. The van der Waals surface area contributed by atoms with Crippen molar-refractivity contribution in [3.63, 3.8) is 0 Å². The number of hydroxylamine groups is 2. The van der Waals surface area contributed by atoms with Gasteiger partial charge < -0.3 is 0 Å². The molecule has 11 heteroatoms. The Morgan fingerprint density at radius 3 is 1.79 bits per heavy atom. The van der Waals surface area contributed by atoms with Crippen molar-refractivity contribution < 1.29 is 37.4 Å². The third kappa shape index (κ3) is 1.59. The summed E-state index contributed by atoms with van der Waals surface area (Å²) in [6.07, 6.45) is -1.90. The van der Waals surface area contributed by atoms with Crippen LogP contribution in [0.4, 0.5) is 0 Å². The van der Waals surface area contributed by atoms with Crippen molar-refractivity contribution in [3.8, 4) is 0 Å². The second-order valence-corrected chi connectivity index (χ2v) is 5.70. The van der Waals surface area contributed by atoms with Crippen molar-refractivity contribution in [3.05, 3.63) is 0 Å². The number of amides is 4. The van der Waals surface area contributed by atoms with Gasteiger partial charge in [-0.25, -0.2) is 0 Å². The Balaban J connectivity index is 2.68. The first-order chi connectivity index (χ1) is 8.63. The van der Waals surface area contributed by atoms with Crippen molar-refractivity contribution >= 4 is 33.7 Å². The third-order valence-electron chi connectivity index (χ3n) is 2.99. The zero-order valence-corrected chi connectivity index (χ0v) is 10.1. The summed E-state index contributed by atoms with van der Waals surface area (Å²) in [7, 11) is -5.32. The first kappa shape index (κ1) is 13.6. The van der Waals surface area contributed by atoms with Gasteiger partial charge in [-0.2, -0.15) is 13.5 Å². The van der Waals surface area contributed by atoms with E-state index in [1.165, 1.54) is 0 Å². The monoisotopic (exact) mass is 292 g/mol. The van der Waals surface area contributed by atoms with E-state index in [0.717, 1.165) is 0 Å². The van der Waals surface area contributed by atoms with Gasteiger partial charge in [0.25, 0.3) is 26.8 Å². The van der Waals surface area contributed by atoms with Gasteiger partial charge >= 0.3 is 0 Å². The highest BCUT2D eigenvalue weighted by atomic mass is 32.2. The molecule has 2 aliphatic rings. The summed E-state index contributed by atoms with van der Waals surface area (Å²) in [5.41, 5.74) is 0. The number of nitrogens with zero attached hydrogens (tertiary/aromatic N) is 2. The fourth-order valence-electron chi connectivity index (χ4n) is 2.11. The van der Waals surface area contributed by atoms with E-state index in [9.17, 15) is 32.1 Å². The normalized spacial score (nSPS) is 28.7. The van der Waals surface area contributed by atoms with Crippen LogP contribution in [0.1, 0.15) is 19.3 Å². The minimum absolute atomic E-state index is 0.0405. The number of carbonyl (C=O) groups excluding carboxylic acids is 4. The number of imide groups is 2. The molecule has 10 nitrogen and oxygen atoms in total. The van der Waals surface area contributed by atoms with Crippen LogP contribution >= 0.6 is 0 Å². The fourth-order valence-corrected chi connectivity index (χ4v) is 3.15. The molecule has 0 radical (unpaired) electrons. The van der Waals surface area contributed by atoms with E-state index in [2.05, 4.69) is 0 Å². The average Bonchev–Trinajstić information content (AvgIpc) is 2.72. The van der Waals surface area contributed by atoms with E-state index in [4.69, 9.17) is 5.21 Å². The highest BCUT2D eigenvalue weighted by molar-refractivity contribution is 7.88. The van der Waals surface area contributed by atoms with E-state index in [0.29, 0.717) is 0 Å². The van der Waals surface area contributed by atoms with Gasteiger partial charge in [-0.05, 0) is 0 Å². The summed E-state index contributed by atoms with van der Waals surface area (Å²) in [6.45, 7) is 0. The zero-order chi connectivity index (χ0) is 14.6. The molecule has 0 aromatic heterocycles. The van der Waals surface area contributed by atoms with E-state index in [1.54, 1.807) is 0 Å². The summed E-state index contributed by atoms with van der Waals surface area (Å²) in [5, 5.41) is 8.59. The fraction of sp³-hybridized carbons (Fsp3) is 0.500. The average molecular weight is 292 g/mol. The van der Waals surface area contributed by atoms with Crippen LogP contribution < -0.4 is 0 Å². The summed E-state index contributed by atoms with van der Waals surface area (Å²) in [5.74, 6) is -5.11. The lowest BCUT2D eigenvalue weighted by molar-refractivity contribution is -0.174. The topological polar surface area (TPSA) is 149 Å². The molecule has 0 aromatic carbocycles. The van der Waals surface area contributed by atoms with Gasteiger partial charge in [0.1, 0.15) is 0 Å². The Hall–Kier alpha value is -1.85. The molecule has 2 aliphatic heterocycles. The molecule has 0 aromatic rings. The van der Waals surface area contributed by atoms with E-state index < -0.39 is 50.1 Å². The molecular weight excluding hydrogens is 284 g/mol. The SMILES string of the molecule is O=C1CC(N2C(=O)CCC2=O)(S(=O)(=O)O)C(=O)N1O. The van der Waals surface area contributed by atoms with Crippen molar-refractivity contribution in [1.29, 1.82) is 0 Å². The lowest BCUT2D eigenvalue weighted by Gasteiger charge is -2.30. The Bertz CT molecular complexity index is 594. The van der Waals surface area contributed by atoms with Gasteiger partial charge in [0.15, 0.2) is 0 Å². The van der Waals surface area contributed by atoms with Gasteiger partial charge in [-0.15, -0.1) is 0 Å². The first-order valence-corrected chi connectivity index (χ1v) is 6.46. The molecule has 0 aliphatic carbocycles. The van der Waals surface area contributed by atoms with Crippen LogP contribution in [-0.2, 0) is 29.3 Å². The van der Waals surface area contributed by atoms with E-state index >= 15 is 0 Å². The Kier molecular flexibility index (Phi) is 2.73. The van der Waals surface area contributed by atoms with Crippen LogP contribution in [0, 0.1) is 0 Å². The van der Waals surface area contributed by atoms with Crippen LogP contribution in [0.15, 0.2) is 0 Å². The third-order valence-corrected chi connectivity index (χ3v) is 4.35. The summed E-state index contributed by atoms with van der Waals surface area (Å²) in [6, 6.07) is 0. The smallest absolute Gasteiger partial charge is 0.283 e. The maximum absolute atomic E-state index is 11.7. The van der Waals surface area contributed by atoms with Crippen molar-refractivity contribution in [2.75, 3.05) is 0 Å². The number of rotatable bonds is 2. The van der Waals surface area contributed by atoms with E-state index in [1.807, 2.05) is 0 Å². The lowest BCUT2D eigenvalue weighted by atomic mass is 10.2. The predicted molar refractivity (Wildman–Crippen MR) is 53.6 cm³/mol. The molecule has 2 fully saturated rings. The maximum atomic E-state index is 11.7. The molecule has 2 saturated heterocycles. The summed E-state index contributed by atoms with van der Waals surface area (Å²) < 4.78 is 32.1. The maximum Gasteiger partial charge on any atom is 0.300 e. The van der Waals surface area contributed by atoms with Gasteiger partial charge in [-0.3, -0.25) is 33.8 Å². The molecular formula is C8H8N2O8S. The standard InChI is InChI=1S/C8H8N2O8S/c11-4-1-2-5(12)9(4)8(19(16,17)18)3-6(13)10(15)7(8)14/h15H,1-3H2,(H,16,17,18). The molecule has 2 N–H and O–H groups in total. The predicted octanol–water partition coefficient (Wildman–Crippen LogP) is -2.13. The Morgan fingerprint density at radius 1 is 1.00 bits per heavy atom. The molecule has 1 atom stereocenters. The summed E-state index contributed by atoms with van der Waals surface area (Å²) in [4.78, 5) is 43.0. The molecule has 0 saturated carbocycles. The quantitative estimate of drug-likeness (QED) is 0.333. The number of likely N-dealkylation sites (tertiary alicyclic amines) is 1. The summed E-state index contributed by atoms with van der Waals surface area (Å²) >= 11 is 0. The Morgan fingerprint density at radius 2 is 1.47 bits per heavy atom. The zero-order valence-electron chi connectivity index (χ0n) is 9.27. The van der Waals surface area contributed by atoms with Gasteiger partial charge in [0, 0.05) is 12.8 Å². The van der Waals surface area contributed by atoms with Crippen LogP contribution in [-0.4, -0.2) is 56.6 Å². The minimum Gasteiger partial charge on any atom is -0.283 e. The second kappa shape index (κ2) is 3.82. The van der Waals surface area contributed by atoms with Crippen molar-refractivity contribution in [1.82, 2.24) is 9.96 Å². The Labute approximate surface area is 106 Å². The van der Waals surface area contributed by atoms with Crippen molar-refractivity contribution in [2.24, 2.45) is 0 Å². The van der Waals surface area contributed by atoms with Crippen LogP contribution in [0.2, 0.25) is 0 Å². The molecule has 4 amide bonds.